The monoisotopic (exact) mass is 257 g/mol. The van der Waals surface area contributed by atoms with Crippen LogP contribution in [0.3, 0.4) is 0 Å². The van der Waals surface area contributed by atoms with Crippen LogP contribution >= 0.6 is 11.6 Å². The van der Waals surface area contributed by atoms with Crippen LogP contribution in [0.1, 0.15) is 12.5 Å². The molecule has 1 rings (SSSR count). The highest BCUT2D eigenvalue weighted by atomic mass is 35.5. The number of oxime groups is 1. The molecule has 0 aliphatic heterocycles. The van der Waals surface area contributed by atoms with Crippen molar-refractivity contribution in [1.29, 1.82) is 0 Å². The van der Waals surface area contributed by atoms with Crippen LogP contribution < -0.4 is 10.6 Å². The summed E-state index contributed by atoms with van der Waals surface area (Å²) in [5.41, 5.74) is 6.85. The van der Waals surface area contributed by atoms with Crippen LogP contribution in [0, 0.1) is 0 Å². The molecular formula is C11H16ClN3O2. The van der Waals surface area contributed by atoms with Crippen LogP contribution in [0.5, 0.6) is 0 Å². The lowest BCUT2D eigenvalue weighted by Gasteiger charge is -2.22. The highest BCUT2D eigenvalue weighted by molar-refractivity contribution is 6.34. The first-order valence-electron chi connectivity index (χ1n) is 5.27. The molecule has 5 nitrogen and oxygen atoms in total. The maximum absolute atomic E-state index is 8.93. The number of hydrogen-bond acceptors (Lipinski definition) is 4. The Hall–Kier alpha value is -1.46. The molecule has 0 spiro atoms. The Balaban J connectivity index is 3.03. The van der Waals surface area contributed by atoms with E-state index < -0.39 is 0 Å². The summed E-state index contributed by atoms with van der Waals surface area (Å²) < 4.78 is 0. The molecule has 0 saturated carbocycles. The molecule has 0 radical (unpaired) electrons. The van der Waals surface area contributed by atoms with Gasteiger partial charge >= 0.3 is 0 Å². The highest BCUT2D eigenvalue weighted by Crippen LogP contribution is 2.23. The number of nitrogens with zero attached hydrogens (tertiary/aromatic N) is 2. The fraction of sp³-hybridized carbons (Fsp3) is 0.364. The van der Waals surface area contributed by atoms with E-state index in [9.17, 15) is 0 Å². The number of halogens is 1. The Bertz CT molecular complexity index is 410. The van der Waals surface area contributed by atoms with Gasteiger partial charge < -0.3 is 20.9 Å². The van der Waals surface area contributed by atoms with Crippen LogP contribution in [-0.4, -0.2) is 35.8 Å². The number of likely N-dealkylation sites (N-methyl/N-ethyl adjacent to an activating group) is 1. The molecule has 1 aromatic carbocycles. The highest BCUT2D eigenvalue weighted by Gasteiger charge is 2.09. The van der Waals surface area contributed by atoms with Crippen LogP contribution in [0.4, 0.5) is 5.69 Å². The fourth-order valence-corrected chi connectivity index (χ4v) is 1.82. The Kier molecular flexibility index (Phi) is 5.06. The second-order valence-electron chi connectivity index (χ2n) is 3.45. The van der Waals surface area contributed by atoms with Crippen molar-refractivity contribution in [2.75, 3.05) is 24.6 Å². The maximum Gasteiger partial charge on any atom is 0.171 e. The molecule has 0 aliphatic rings. The number of anilines is 1. The Morgan fingerprint density at radius 3 is 2.71 bits per heavy atom. The molecule has 17 heavy (non-hydrogen) atoms. The molecular weight excluding hydrogens is 242 g/mol. The van der Waals surface area contributed by atoms with Gasteiger partial charge in [-0.2, -0.15) is 0 Å². The van der Waals surface area contributed by atoms with Crippen molar-refractivity contribution in [3.05, 3.63) is 28.8 Å². The van der Waals surface area contributed by atoms with E-state index in [1.165, 1.54) is 0 Å². The van der Waals surface area contributed by atoms with Crippen LogP contribution in [0.25, 0.3) is 0 Å². The number of aliphatic hydroxyl groups excluding tert-OH is 1. The molecule has 0 saturated heterocycles. The van der Waals surface area contributed by atoms with Gasteiger partial charge in [-0.25, -0.2) is 0 Å². The zero-order valence-electron chi connectivity index (χ0n) is 9.60. The maximum atomic E-state index is 8.93. The summed E-state index contributed by atoms with van der Waals surface area (Å²) in [6.07, 6.45) is 0. The standard InChI is InChI=1S/C11H16ClN3O2/c1-2-15(5-6-16)8-3-4-9(10(12)7-8)11(13)14-17/h3-4,7,16-17H,2,5-6H2,1H3,(H2,13,14). The molecule has 0 atom stereocenters. The summed E-state index contributed by atoms with van der Waals surface area (Å²) in [5, 5.41) is 20.8. The van der Waals surface area contributed by atoms with Crippen molar-refractivity contribution >= 4 is 23.1 Å². The predicted octanol–water partition coefficient (Wildman–Crippen LogP) is 1.25. The average molecular weight is 258 g/mol. The van der Waals surface area contributed by atoms with Crippen molar-refractivity contribution in [3.8, 4) is 0 Å². The number of benzene rings is 1. The molecule has 0 aliphatic carbocycles. The van der Waals surface area contributed by atoms with E-state index in [0.29, 0.717) is 17.1 Å². The van der Waals surface area contributed by atoms with E-state index in [-0.39, 0.29) is 12.4 Å². The lowest BCUT2D eigenvalue weighted by atomic mass is 10.1. The number of amidine groups is 1. The second kappa shape index (κ2) is 6.32. The lowest BCUT2D eigenvalue weighted by molar-refractivity contribution is 0.302. The third-order valence-electron chi connectivity index (χ3n) is 2.45. The van der Waals surface area contributed by atoms with Crippen molar-refractivity contribution in [1.82, 2.24) is 0 Å². The molecule has 0 unspecified atom stereocenters. The minimum Gasteiger partial charge on any atom is -0.409 e. The topological polar surface area (TPSA) is 82.1 Å². The van der Waals surface area contributed by atoms with Crippen molar-refractivity contribution < 1.29 is 10.3 Å². The van der Waals surface area contributed by atoms with Crippen molar-refractivity contribution in [2.24, 2.45) is 10.9 Å². The summed E-state index contributed by atoms with van der Waals surface area (Å²) in [4.78, 5) is 1.97. The molecule has 6 heteroatoms. The number of nitrogens with two attached hydrogens (primary N) is 1. The van der Waals surface area contributed by atoms with Gasteiger partial charge in [-0.1, -0.05) is 16.8 Å². The van der Waals surface area contributed by atoms with Gasteiger partial charge in [0.2, 0.25) is 0 Å². The molecule has 1 aromatic rings. The lowest BCUT2D eigenvalue weighted by Crippen LogP contribution is -2.26. The van der Waals surface area contributed by atoms with Gasteiger partial charge in [0.05, 0.1) is 11.6 Å². The zero-order chi connectivity index (χ0) is 12.8. The molecule has 0 aromatic heterocycles. The smallest absolute Gasteiger partial charge is 0.171 e. The Morgan fingerprint density at radius 2 is 2.24 bits per heavy atom. The summed E-state index contributed by atoms with van der Waals surface area (Å²) in [7, 11) is 0. The van der Waals surface area contributed by atoms with Crippen LogP contribution in [0.2, 0.25) is 5.02 Å². The van der Waals surface area contributed by atoms with Crippen LogP contribution in [0.15, 0.2) is 23.4 Å². The number of aliphatic hydroxyl groups is 1. The third kappa shape index (κ3) is 3.25. The van der Waals surface area contributed by atoms with Crippen molar-refractivity contribution in [2.45, 2.75) is 6.92 Å². The van der Waals surface area contributed by atoms with Gasteiger partial charge in [0.25, 0.3) is 0 Å². The Morgan fingerprint density at radius 1 is 1.53 bits per heavy atom. The van der Waals surface area contributed by atoms with Gasteiger partial charge in [0.1, 0.15) is 0 Å². The first kappa shape index (κ1) is 13.6. The fourth-order valence-electron chi connectivity index (χ4n) is 1.55. The van der Waals surface area contributed by atoms with Gasteiger partial charge in [-0.15, -0.1) is 0 Å². The second-order valence-corrected chi connectivity index (χ2v) is 3.86. The quantitative estimate of drug-likeness (QED) is 0.321. The van der Waals surface area contributed by atoms with E-state index in [1.54, 1.807) is 12.1 Å². The first-order valence-corrected chi connectivity index (χ1v) is 5.65. The molecule has 94 valence electrons. The molecule has 0 bridgehead atoms. The number of rotatable bonds is 5. The van der Waals surface area contributed by atoms with E-state index in [0.717, 1.165) is 12.2 Å². The number of hydrogen-bond donors (Lipinski definition) is 3. The third-order valence-corrected chi connectivity index (χ3v) is 2.77. The van der Waals surface area contributed by atoms with E-state index >= 15 is 0 Å². The average Bonchev–Trinajstić information content (AvgIpc) is 2.35. The molecule has 0 fully saturated rings. The molecule has 0 amide bonds. The molecule has 0 heterocycles. The zero-order valence-corrected chi connectivity index (χ0v) is 10.4. The summed E-state index contributed by atoms with van der Waals surface area (Å²) in [5.74, 6) is -0.0215. The summed E-state index contributed by atoms with van der Waals surface area (Å²) in [6.45, 7) is 3.37. The van der Waals surface area contributed by atoms with Gasteiger partial charge in [0.15, 0.2) is 5.84 Å². The first-order chi connectivity index (χ1) is 8.13. The van der Waals surface area contributed by atoms with E-state index in [1.807, 2.05) is 17.9 Å². The van der Waals surface area contributed by atoms with Gasteiger partial charge in [-0.05, 0) is 25.1 Å². The molecule has 4 N–H and O–H groups in total. The van der Waals surface area contributed by atoms with E-state index in [4.69, 9.17) is 27.6 Å². The minimum absolute atomic E-state index is 0.0215. The van der Waals surface area contributed by atoms with E-state index in [2.05, 4.69) is 5.16 Å². The normalized spacial score (nSPS) is 11.6. The summed E-state index contributed by atoms with van der Waals surface area (Å²) >= 11 is 6.04. The largest absolute Gasteiger partial charge is 0.409 e. The summed E-state index contributed by atoms with van der Waals surface area (Å²) in [6, 6.07) is 5.24. The van der Waals surface area contributed by atoms with Gasteiger partial charge in [0, 0.05) is 24.3 Å². The minimum atomic E-state index is -0.0215. The SMILES string of the molecule is CCN(CCO)c1ccc(C(N)=NO)c(Cl)c1. The Labute approximate surface area is 105 Å². The van der Waals surface area contributed by atoms with Crippen molar-refractivity contribution in [3.63, 3.8) is 0 Å². The van der Waals surface area contributed by atoms with Crippen LogP contribution in [-0.2, 0) is 0 Å². The predicted molar refractivity (Wildman–Crippen MR) is 68.9 cm³/mol. The van der Waals surface area contributed by atoms with Gasteiger partial charge in [-0.3, -0.25) is 0 Å².